The maximum atomic E-state index is 6.51. The molecule has 2 atom stereocenters. The number of halogens is 2. The molecule has 1 aliphatic rings. The fraction of sp³-hybridized carbons (Fsp3) is 0.375. The van der Waals surface area contributed by atoms with Crippen molar-refractivity contribution >= 4 is 35.0 Å². The molecule has 2 heterocycles. The minimum atomic E-state index is -0.681. The van der Waals surface area contributed by atoms with Crippen LogP contribution in [0.3, 0.4) is 0 Å². The van der Waals surface area contributed by atoms with E-state index in [4.69, 9.17) is 37.4 Å². The lowest BCUT2D eigenvalue weighted by Gasteiger charge is -2.28. The highest BCUT2D eigenvalue weighted by Crippen LogP contribution is 2.33. The maximum absolute atomic E-state index is 6.51. The minimum Gasteiger partial charge on any atom is -0.497 e. The average molecular weight is 493 g/mol. The summed E-state index contributed by atoms with van der Waals surface area (Å²) in [7, 11) is 1.67. The molecule has 3 aromatic rings. The van der Waals surface area contributed by atoms with Gasteiger partial charge in [0, 0.05) is 40.4 Å². The van der Waals surface area contributed by atoms with Crippen molar-refractivity contribution in [2.45, 2.75) is 37.0 Å². The van der Waals surface area contributed by atoms with Gasteiger partial charge < -0.3 is 18.8 Å². The van der Waals surface area contributed by atoms with E-state index in [2.05, 4.69) is 17.1 Å². The summed E-state index contributed by atoms with van der Waals surface area (Å²) >= 11 is 14.2. The number of hydrogen-bond donors (Lipinski definition) is 0. The third kappa shape index (κ3) is 6.21. The summed E-state index contributed by atoms with van der Waals surface area (Å²) in [5.41, 5.74) is 2.25. The molecule has 0 amide bonds. The number of aromatic nitrogens is 2. The number of hydrogen-bond acceptors (Lipinski definition) is 5. The summed E-state index contributed by atoms with van der Waals surface area (Å²) in [6.07, 6.45) is 7.11. The molecule has 1 saturated heterocycles. The van der Waals surface area contributed by atoms with E-state index in [9.17, 15) is 0 Å². The van der Waals surface area contributed by atoms with E-state index in [1.165, 1.54) is 5.56 Å². The number of aryl methyl sites for hydroxylation is 1. The Bertz CT molecular complexity index is 1000. The van der Waals surface area contributed by atoms with E-state index in [1.807, 2.05) is 35.0 Å². The van der Waals surface area contributed by atoms with Gasteiger partial charge in [0.05, 0.1) is 32.7 Å². The highest BCUT2D eigenvalue weighted by Gasteiger charge is 2.41. The van der Waals surface area contributed by atoms with Gasteiger partial charge in [-0.05, 0) is 47.9 Å². The van der Waals surface area contributed by atoms with Crippen molar-refractivity contribution in [2.24, 2.45) is 0 Å². The zero-order valence-electron chi connectivity index (χ0n) is 17.9. The molecular formula is C24H26Cl2N2O3S. The van der Waals surface area contributed by atoms with Crippen LogP contribution in [0.1, 0.15) is 17.5 Å². The number of imidazole rings is 1. The summed E-state index contributed by atoms with van der Waals surface area (Å²) in [6, 6.07) is 13.7. The van der Waals surface area contributed by atoms with Gasteiger partial charge in [0.25, 0.3) is 0 Å². The minimum absolute atomic E-state index is 0.0114. The van der Waals surface area contributed by atoms with Gasteiger partial charge in [-0.1, -0.05) is 35.3 Å². The van der Waals surface area contributed by atoms with E-state index in [1.54, 1.807) is 37.5 Å². The number of methoxy groups -OCH3 is 1. The van der Waals surface area contributed by atoms with Gasteiger partial charge in [0.15, 0.2) is 5.79 Å². The summed E-state index contributed by atoms with van der Waals surface area (Å²) in [6.45, 7) is 1.16. The van der Waals surface area contributed by atoms with Gasteiger partial charge in [0.1, 0.15) is 5.75 Å². The van der Waals surface area contributed by atoms with Crippen LogP contribution in [0.25, 0.3) is 0 Å². The molecule has 2 aromatic carbocycles. The molecule has 0 N–H and O–H groups in total. The van der Waals surface area contributed by atoms with Crippen LogP contribution in [0.5, 0.6) is 5.75 Å². The van der Waals surface area contributed by atoms with Crippen molar-refractivity contribution in [3.05, 3.63) is 82.4 Å². The Kier molecular flexibility index (Phi) is 8.02. The summed E-state index contributed by atoms with van der Waals surface area (Å²) in [5, 5.41) is 1.43. The van der Waals surface area contributed by atoms with Crippen molar-refractivity contribution in [2.75, 3.05) is 19.5 Å². The number of thioether (sulfide) groups is 1. The highest BCUT2D eigenvalue weighted by atomic mass is 35.5. The number of benzene rings is 2. The van der Waals surface area contributed by atoms with Crippen LogP contribution in [0, 0.1) is 0 Å². The van der Waals surface area contributed by atoms with Gasteiger partial charge in [-0.2, -0.15) is 11.8 Å². The first kappa shape index (κ1) is 23.5. The predicted molar refractivity (Wildman–Crippen MR) is 130 cm³/mol. The fourth-order valence-electron chi connectivity index (χ4n) is 3.73. The molecule has 170 valence electrons. The number of nitrogens with zero attached hydrogens (tertiary/aromatic N) is 2. The Labute approximate surface area is 203 Å². The number of ether oxygens (including phenoxy) is 3. The molecule has 0 spiro atoms. The summed E-state index contributed by atoms with van der Waals surface area (Å²) < 4.78 is 20.1. The average Bonchev–Trinajstić information content (AvgIpc) is 3.46. The Morgan fingerprint density at radius 3 is 2.81 bits per heavy atom. The van der Waals surface area contributed by atoms with Gasteiger partial charge >= 0.3 is 0 Å². The van der Waals surface area contributed by atoms with E-state index < -0.39 is 5.79 Å². The van der Waals surface area contributed by atoms with E-state index in [0.717, 1.165) is 40.7 Å². The molecule has 32 heavy (non-hydrogen) atoms. The van der Waals surface area contributed by atoms with E-state index in [-0.39, 0.29) is 6.10 Å². The Morgan fingerprint density at radius 1 is 1.22 bits per heavy atom. The zero-order chi connectivity index (χ0) is 22.4. The van der Waals surface area contributed by atoms with Crippen LogP contribution in [0.4, 0.5) is 0 Å². The number of rotatable bonds is 10. The first-order valence-electron chi connectivity index (χ1n) is 10.5. The van der Waals surface area contributed by atoms with Gasteiger partial charge in [0.2, 0.25) is 0 Å². The Morgan fingerprint density at radius 2 is 2.06 bits per heavy atom. The van der Waals surface area contributed by atoms with E-state index >= 15 is 0 Å². The fourth-order valence-corrected chi connectivity index (χ4v) is 5.19. The van der Waals surface area contributed by atoms with Crippen LogP contribution in [0.2, 0.25) is 10.0 Å². The molecule has 5 nitrogen and oxygen atoms in total. The monoisotopic (exact) mass is 492 g/mol. The highest BCUT2D eigenvalue weighted by molar-refractivity contribution is 7.98. The third-order valence-corrected chi connectivity index (χ3v) is 7.15. The van der Waals surface area contributed by atoms with Crippen molar-refractivity contribution < 1.29 is 14.2 Å². The molecule has 1 fully saturated rings. The Hall–Kier alpha value is -1.70. The van der Waals surface area contributed by atoms with Crippen LogP contribution < -0.4 is 4.74 Å². The van der Waals surface area contributed by atoms with E-state index in [0.29, 0.717) is 18.2 Å². The lowest BCUT2D eigenvalue weighted by Crippen LogP contribution is -2.37. The lowest BCUT2D eigenvalue weighted by molar-refractivity contribution is -0.180. The quantitative estimate of drug-likeness (QED) is 0.353. The van der Waals surface area contributed by atoms with Crippen LogP contribution in [-0.2, 0) is 28.2 Å². The summed E-state index contributed by atoms with van der Waals surface area (Å²) in [5.74, 6) is 1.77. The molecule has 0 aliphatic carbocycles. The Balaban J connectivity index is 1.36. The molecular weight excluding hydrogens is 467 g/mol. The summed E-state index contributed by atoms with van der Waals surface area (Å²) in [4.78, 5) is 4.16. The second kappa shape index (κ2) is 10.9. The smallest absolute Gasteiger partial charge is 0.187 e. The van der Waals surface area contributed by atoms with Crippen molar-refractivity contribution in [3.63, 3.8) is 0 Å². The maximum Gasteiger partial charge on any atom is 0.187 e. The largest absolute Gasteiger partial charge is 0.497 e. The van der Waals surface area contributed by atoms with Gasteiger partial charge in [-0.25, -0.2) is 4.98 Å². The molecule has 1 aromatic heterocycles. The van der Waals surface area contributed by atoms with Crippen molar-refractivity contribution in [1.82, 2.24) is 9.55 Å². The molecule has 4 rings (SSSR count). The topological polar surface area (TPSA) is 45.5 Å². The first-order valence-corrected chi connectivity index (χ1v) is 12.4. The lowest BCUT2D eigenvalue weighted by atomic mass is 10.0. The second-order valence-corrected chi connectivity index (χ2v) is 9.67. The SMILES string of the molecule is COc1ccc(CCC2(Cn3ccnc3)OCC(CSCc3cc(Cl)ccc3Cl)O2)cc1. The van der Waals surface area contributed by atoms with Crippen LogP contribution in [0.15, 0.2) is 61.2 Å². The predicted octanol–water partition coefficient (Wildman–Crippen LogP) is 5.88. The molecule has 8 heteroatoms. The molecule has 0 radical (unpaired) electrons. The van der Waals surface area contributed by atoms with Crippen LogP contribution >= 0.6 is 35.0 Å². The van der Waals surface area contributed by atoms with Crippen molar-refractivity contribution in [1.29, 1.82) is 0 Å². The zero-order valence-corrected chi connectivity index (χ0v) is 20.2. The first-order chi connectivity index (χ1) is 15.5. The normalized spacial score (nSPS) is 20.5. The van der Waals surface area contributed by atoms with Gasteiger partial charge in [-0.3, -0.25) is 0 Å². The van der Waals surface area contributed by atoms with Crippen molar-refractivity contribution in [3.8, 4) is 5.75 Å². The second-order valence-electron chi connectivity index (χ2n) is 7.80. The molecule has 0 bridgehead atoms. The molecule has 1 aliphatic heterocycles. The third-order valence-electron chi connectivity index (χ3n) is 5.42. The van der Waals surface area contributed by atoms with Gasteiger partial charge in [-0.15, -0.1) is 0 Å². The molecule has 0 saturated carbocycles. The molecule has 2 unspecified atom stereocenters. The standard InChI is InChI=1S/C24H26Cl2N2O3S/c1-29-21-5-2-18(3-6-21)8-9-24(16-28-11-10-27-17-28)30-13-22(31-24)15-32-14-19-12-20(25)4-7-23(19)26/h2-7,10-12,17,22H,8-9,13-16H2,1H3. The van der Waals surface area contributed by atoms with Crippen LogP contribution in [-0.4, -0.2) is 40.9 Å².